The van der Waals surface area contributed by atoms with Crippen molar-refractivity contribution < 1.29 is 28.7 Å². The van der Waals surface area contributed by atoms with Gasteiger partial charge < -0.3 is 39.9 Å². The SMILES string of the molecule is COC(=O)NC(C(=O)N1CCCC1c1ncc(C#CC#Cc2ccc(-c3cnc(C4CCCN4C(=O)[C@@H](NC(=O)OC)C(C)C)[nH]3)cc2-c2ccccc2C)[nH]1)c1ccccc1.Cl.Cl. The van der Waals surface area contributed by atoms with Gasteiger partial charge in [0, 0.05) is 24.2 Å². The summed E-state index contributed by atoms with van der Waals surface area (Å²) in [6, 6.07) is 21.1. The molecule has 0 spiro atoms. The van der Waals surface area contributed by atoms with Gasteiger partial charge in [0.2, 0.25) is 5.91 Å². The molecule has 0 aliphatic carbocycles. The first-order valence-electron chi connectivity index (χ1n) is 20.7. The molecule has 5 aromatic rings. The Labute approximate surface area is 385 Å². The molecular formula is C48H52Cl2N8O6. The van der Waals surface area contributed by atoms with Crippen LogP contribution in [0.2, 0.25) is 0 Å². The van der Waals surface area contributed by atoms with Gasteiger partial charge in [-0.1, -0.05) is 80.4 Å². The average Bonchev–Trinajstić information content (AvgIpc) is 4.14. The van der Waals surface area contributed by atoms with Crippen LogP contribution >= 0.6 is 24.8 Å². The minimum absolute atomic E-state index is 0. The summed E-state index contributed by atoms with van der Waals surface area (Å²) in [4.78, 5) is 71.5. The van der Waals surface area contributed by atoms with E-state index in [0.29, 0.717) is 42.4 Å². The Balaban J connectivity index is 0.00000385. The largest absolute Gasteiger partial charge is 0.453 e. The lowest BCUT2D eigenvalue weighted by Gasteiger charge is -2.30. The van der Waals surface area contributed by atoms with Crippen LogP contribution in [0.5, 0.6) is 0 Å². The smallest absolute Gasteiger partial charge is 0.407 e. The van der Waals surface area contributed by atoms with Crippen molar-refractivity contribution in [2.45, 2.75) is 70.6 Å². The number of likely N-dealkylation sites (tertiary alicyclic amines) is 2. The number of hydrogen-bond donors (Lipinski definition) is 4. The van der Waals surface area contributed by atoms with Crippen molar-refractivity contribution in [2.75, 3.05) is 27.3 Å². The van der Waals surface area contributed by atoms with Crippen LogP contribution in [0.4, 0.5) is 9.59 Å². The molecule has 3 unspecified atom stereocenters. The van der Waals surface area contributed by atoms with Crippen molar-refractivity contribution in [3.63, 3.8) is 0 Å². The fourth-order valence-electron chi connectivity index (χ4n) is 8.12. The summed E-state index contributed by atoms with van der Waals surface area (Å²) in [7, 11) is 2.55. The molecule has 4 heterocycles. The second-order valence-electron chi connectivity index (χ2n) is 15.7. The van der Waals surface area contributed by atoms with Crippen molar-refractivity contribution in [3.05, 3.63) is 119 Å². The van der Waals surface area contributed by atoms with Gasteiger partial charge in [-0.3, -0.25) is 9.59 Å². The predicted octanol–water partition coefficient (Wildman–Crippen LogP) is 7.83. The van der Waals surface area contributed by atoms with Gasteiger partial charge in [-0.15, -0.1) is 24.8 Å². The van der Waals surface area contributed by atoms with E-state index in [9.17, 15) is 19.2 Å². The standard InChI is InChI=1S/C48H50N8O6.2ClH/c1-30(2)41(53-47(59)61-4)45(57)55-25-14-22-40(55)44-50-29-38(52-44)34-24-23-32(37(27-34)36-20-12-9-15-31(36)3)16-10-11-19-35-28-49-43(51-35)39-21-13-26-56(39)46(58)42(54-48(60)62-5)33-17-7-6-8-18-33;;/h6-9,12,15,17-18,20,23-24,27-30,39-42H,13-14,21-22,25-26H2,1-5H3,(H,49,51)(H,50,52)(H,53,59)(H,54,60);2*1H/t39?,40?,41-,42?;;/m0../s1. The molecule has 2 saturated heterocycles. The van der Waals surface area contributed by atoms with Crippen molar-refractivity contribution in [1.82, 2.24) is 40.4 Å². The van der Waals surface area contributed by atoms with Crippen LogP contribution in [-0.2, 0) is 19.1 Å². The Morgan fingerprint density at radius 2 is 1.34 bits per heavy atom. The summed E-state index contributed by atoms with van der Waals surface area (Å²) >= 11 is 0. The van der Waals surface area contributed by atoms with Crippen LogP contribution in [0, 0.1) is 36.5 Å². The molecule has 4 atom stereocenters. The Bertz CT molecular complexity index is 2570. The van der Waals surface area contributed by atoms with Gasteiger partial charge in [0.15, 0.2) is 0 Å². The summed E-state index contributed by atoms with van der Waals surface area (Å²) in [5.74, 6) is 13.1. The van der Waals surface area contributed by atoms with E-state index in [4.69, 9.17) is 14.5 Å². The Kier molecular flexibility index (Phi) is 16.6. The van der Waals surface area contributed by atoms with E-state index in [0.717, 1.165) is 52.8 Å². The summed E-state index contributed by atoms with van der Waals surface area (Å²) in [6.07, 6.45) is 5.15. The topological polar surface area (TPSA) is 175 Å². The van der Waals surface area contributed by atoms with E-state index >= 15 is 0 Å². The van der Waals surface area contributed by atoms with E-state index in [1.165, 1.54) is 14.2 Å². The molecule has 2 aliphatic heterocycles. The summed E-state index contributed by atoms with van der Waals surface area (Å²) < 4.78 is 9.60. The first kappa shape index (κ1) is 48.3. The lowest BCUT2D eigenvalue weighted by Crippen LogP contribution is -2.51. The lowest BCUT2D eigenvalue weighted by molar-refractivity contribution is -0.135. The number of ether oxygens (including phenoxy) is 2. The number of amides is 4. The molecule has 334 valence electrons. The van der Waals surface area contributed by atoms with Gasteiger partial charge in [0.25, 0.3) is 5.91 Å². The maximum atomic E-state index is 13.9. The molecule has 2 aliphatic rings. The van der Waals surface area contributed by atoms with Gasteiger partial charge in [-0.25, -0.2) is 19.6 Å². The molecule has 2 aromatic heterocycles. The van der Waals surface area contributed by atoms with Crippen LogP contribution < -0.4 is 10.6 Å². The van der Waals surface area contributed by atoms with E-state index in [1.54, 1.807) is 34.3 Å². The zero-order valence-corrected chi connectivity index (χ0v) is 37.9. The first-order valence-corrected chi connectivity index (χ1v) is 20.7. The zero-order chi connectivity index (χ0) is 43.8. The second-order valence-corrected chi connectivity index (χ2v) is 15.7. The monoisotopic (exact) mass is 906 g/mol. The van der Waals surface area contributed by atoms with Gasteiger partial charge in [0.1, 0.15) is 29.4 Å². The number of rotatable bonds is 10. The van der Waals surface area contributed by atoms with Crippen LogP contribution in [0.1, 0.15) is 91.7 Å². The number of halogens is 2. The maximum Gasteiger partial charge on any atom is 0.407 e. The summed E-state index contributed by atoms with van der Waals surface area (Å²) in [5.41, 5.74) is 6.77. The molecule has 2 fully saturated rings. The van der Waals surface area contributed by atoms with E-state index in [2.05, 4.69) is 74.4 Å². The molecule has 0 saturated carbocycles. The molecule has 16 heteroatoms. The Hall–Kier alpha value is -6.74. The number of nitrogens with one attached hydrogen (secondary N) is 4. The number of H-pyrrole nitrogens is 2. The molecule has 3 aromatic carbocycles. The Morgan fingerprint density at radius 1 is 0.734 bits per heavy atom. The highest BCUT2D eigenvalue weighted by Crippen LogP contribution is 2.36. The van der Waals surface area contributed by atoms with E-state index in [-0.39, 0.29) is 54.6 Å². The highest BCUT2D eigenvalue weighted by atomic mass is 35.5. The third-order valence-electron chi connectivity index (χ3n) is 11.3. The number of nitrogens with zero attached hydrogens (tertiary/aromatic N) is 4. The van der Waals surface area contributed by atoms with E-state index in [1.807, 2.05) is 56.3 Å². The normalized spacial score (nSPS) is 16.2. The number of aromatic amines is 2. The number of imidazole rings is 2. The predicted molar refractivity (Wildman–Crippen MR) is 247 cm³/mol. The van der Waals surface area contributed by atoms with Crippen LogP contribution in [0.15, 0.2) is 85.2 Å². The number of aromatic nitrogens is 4. The third-order valence-corrected chi connectivity index (χ3v) is 11.3. The van der Waals surface area contributed by atoms with Crippen molar-refractivity contribution in [1.29, 1.82) is 0 Å². The van der Waals surface area contributed by atoms with Gasteiger partial charge in [-0.2, -0.15) is 0 Å². The van der Waals surface area contributed by atoms with E-state index < -0.39 is 24.3 Å². The number of benzene rings is 3. The highest BCUT2D eigenvalue weighted by Gasteiger charge is 2.38. The highest BCUT2D eigenvalue weighted by molar-refractivity contribution is 5.88. The molecule has 64 heavy (non-hydrogen) atoms. The average molecular weight is 908 g/mol. The minimum atomic E-state index is -0.911. The lowest BCUT2D eigenvalue weighted by atomic mass is 9.94. The zero-order valence-electron chi connectivity index (χ0n) is 36.3. The second kappa shape index (κ2) is 22.1. The molecule has 0 radical (unpaired) electrons. The van der Waals surface area contributed by atoms with Crippen LogP contribution in [0.3, 0.4) is 0 Å². The number of hydrogen-bond acceptors (Lipinski definition) is 8. The van der Waals surface area contributed by atoms with Crippen LogP contribution in [-0.4, -0.2) is 87.1 Å². The maximum absolute atomic E-state index is 13.9. The molecule has 4 N–H and O–H groups in total. The number of aryl methyl sites for hydroxylation is 1. The quantitative estimate of drug-likeness (QED) is 0.103. The van der Waals surface area contributed by atoms with Crippen molar-refractivity contribution >= 4 is 48.8 Å². The third kappa shape index (κ3) is 10.9. The first-order chi connectivity index (χ1) is 30.1. The minimum Gasteiger partial charge on any atom is -0.453 e. The van der Waals surface area contributed by atoms with Crippen molar-refractivity contribution in [3.8, 4) is 46.1 Å². The number of alkyl carbamates (subject to hydrolysis) is 2. The van der Waals surface area contributed by atoms with Gasteiger partial charge in [0.05, 0.1) is 44.4 Å². The number of methoxy groups -OCH3 is 2. The fourth-order valence-corrected chi connectivity index (χ4v) is 8.12. The molecule has 0 bridgehead atoms. The van der Waals surface area contributed by atoms with Gasteiger partial charge in [-0.05, 0) is 90.7 Å². The van der Waals surface area contributed by atoms with Crippen molar-refractivity contribution in [2.24, 2.45) is 5.92 Å². The van der Waals surface area contributed by atoms with Gasteiger partial charge >= 0.3 is 12.2 Å². The summed E-state index contributed by atoms with van der Waals surface area (Å²) in [5, 5.41) is 5.39. The summed E-state index contributed by atoms with van der Waals surface area (Å²) in [6.45, 7) is 6.93. The van der Waals surface area contributed by atoms with Crippen LogP contribution in [0.25, 0.3) is 22.4 Å². The fraction of sp³-hybridized carbons (Fsp3) is 0.333. The number of carbonyl (C=O) groups excluding carboxylic acids is 4. The molecule has 14 nitrogen and oxygen atoms in total. The molecule has 7 rings (SSSR count). The molecular weight excluding hydrogens is 855 g/mol. The molecule has 4 amide bonds. The number of carbonyl (C=O) groups is 4. The Morgan fingerprint density at radius 3 is 2.02 bits per heavy atom.